The van der Waals surface area contributed by atoms with Crippen LogP contribution < -0.4 is 4.74 Å². The predicted octanol–water partition coefficient (Wildman–Crippen LogP) is 4.55. The third-order valence-electron chi connectivity index (χ3n) is 4.51. The van der Waals surface area contributed by atoms with Crippen molar-refractivity contribution in [3.05, 3.63) is 75.5 Å². The van der Waals surface area contributed by atoms with Crippen LogP contribution in [-0.2, 0) is 11.3 Å². The van der Waals surface area contributed by atoms with Crippen molar-refractivity contribution in [1.29, 1.82) is 5.26 Å². The molecule has 1 aromatic heterocycles. The number of carbonyl (C=O) groups excluding carboxylic acids is 1. The SMILES string of the molecule is COC(=O)c1cc(OCc2ccccc2)c2cc(C#CCCCC#N)cc([N+](=O)[O-])c2n1. The maximum Gasteiger partial charge on any atom is 0.356 e. The molecule has 0 atom stereocenters. The number of nitriles is 1. The van der Waals surface area contributed by atoms with E-state index in [0.717, 1.165) is 5.56 Å². The molecule has 32 heavy (non-hydrogen) atoms. The van der Waals surface area contributed by atoms with Crippen molar-refractivity contribution in [2.45, 2.75) is 25.9 Å². The summed E-state index contributed by atoms with van der Waals surface area (Å²) in [4.78, 5) is 27.4. The molecule has 0 unspecified atom stereocenters. The summed E-state index contributed by atoms with van der Waals surface area (Å²) < 4.78 is 10.7. The minimum Gasteiger partial charge on any atom is -0.488 e. The average Bonchev–Trinajstić information content (AvgIpc) is 2.81. The van der Waals surface area contributed by atoms with Gasteiger partial charge in [0.15, 0.2) is 11.2 Å². The Kier molecular flexibility index (Phi) is 7.34. The summed E-state index contributed by atoms with van der Waals surface area (Å²) in [6.07, 6.45) is 1.51. The zero-order valence-electron chi connectivity index (χ0n) is 17.3. The van der Waals surface area contributed by atoms with Gasteiger partial charge in [-0.05, 0) is 18.1 Å². The number of ether oxygens (including phenoxy) is 2. The number of unbranched alkanes of at least 4 members (excludes halogenated alkanes) is 2. The topological polar surface area (TPSA) is 115 Å². The van der Waals surface area contributed by atoms with Crippen LogP contribution in [-0.4, -0.2) is 23.0 Å². The second-order valence-electron chi connectivity index (χ2n) is 6.73. The number of hydrogen-bond donors (Lipinski definition) is 0. The lowest BCUT2D eigenvalue weighted by atomic mass is 10.1. The highest BCUT2D eigenvalue weighted by molar-refractivity contribution is 5.98. The largest absolute Gasteiger partial charge is 0.488 e. The van der Waals surface area contributed by atoms with Crippen LogP contribution in [0.4, 0.5) is 5.69 Å². The standard InChI is InChI=1S/C24H19N3O5/c1-31-24(28)20-15-22(32-16-17-9-6-4-7-10-17)19-13-18(11-5-2-3-8-12-25)14-21(27(29)30)23(19)26-20/h4,6-7,9-10,13-15H,2-3,8,16H2,1H3. The number of methoxy groups -OCH3 is 1. The van der Waals surface area contributed by atoms with E-state index in [-0.39, 0.29) is 29.3 Å². The number of fused-ring (bicyclic) bond motifs is 1. The summed E-state index contributed by atoms with van der Waals surface area (Å²) >= 11 is 0. The minimum absolute atomic E-state index is 0.0102. The van der Waals surface area contributed by atoms with E-state index in [0.29, 0.717) is 30.2 Å². The summed E-state index contributed by atoms with van der Waals surface area (Å²) in [5.41, 5.74) is 0.926. The van der Waals surface area contributed by atoms with Gasteiger partial charge in [0.05, 0.1) is 23.5 Å². The van der Waals surface area contributed by atoms with Gasteiger partial charge in [-0.25, -0.2) is 9.78 Å². The Balaban J connectivity index is 2.11. The zero-order chi connectivity index (χ0) is 22.9. The Bertz CT molecular complexity index is 1250. The highest BCUT2D eigenvalue weighted by Gasteiger charge is 2.22. The van der Waals surface area contributed by atoms with E-state index in [1.165, 1.54) is 19.2 Å². The molecule has 8 nitrogen and oxygen atoms in total. The van der Waals surface area contributed by atoms with Crippen LogP contribution in [0.3, 0.4) is 0 Å². The number of nitro benzene ring substituents is 1. The first-order valence-corrected chi connectivity index (χ1v) is 9.77. The van der Waals surface area contributed by atoms with Gasteiger partial charge in [0.1, 0.15) is 12.4 Å². The van der Waals surface area contributed by atoms with Crippen molar-refractivity contribution in [3.63, 3.8) is 0 Å². The molecule has 0 radical (unpaired) electrons. The Hall–Kier alpha value is -4.43. The monoisotopic (exact) mass is 429 g/mol. The van der Waals surface area contributed by atoms with Gasteiger partial charge >= 0.3 is 5.97 Å². The number of carbonyl (C=O) groups is 1. The number of non-ortho nitro benzene ring substituents is 1. The van der Waals surface area contributed by atoms with Crippen molar-refractivity contribution in [2.75, 3.05) is 7.11 Å². The number of esters is 1. The van der Waals surface area contributed by atoms with Crippen LogP contribution in [0.15, 0.2) is 48.5 Å². The second kappa shape index (κ2) is 10.6. The normalized spacial score (nSPS) is 10.0. The molecule has 0 fully saturated rings. The predicted molar refractivity (Wildman–Crippen MR) is 117 cm³/mol. The molecule has 160 valence electrons. The molecule has 0 N–H and O–H groups in total. The van der Waals surface area contributed by atoms with E-state index in [1.807, 2.05) is 36.4 Å². The number of pyridine rings is 1. The smallest absolute Gasteiger partial charge is 0.356 e. The van der Waals surface area contributed by atoms with Gasteiger partial charge in [-0.3, -0.25) is 10.1 Å². The summed E-state index contributed by atoms with van der Waals surface area (Å²) in [5, 5.41) is 20.7. The van der Waals surface area contributed by atoms with Gasteiger partial charge in [0, 0.05) is 30.5 Å². The highest BCUT2D eigenvalue weighted by atomic mass is 16.6. The maximum atomic E-state index is 12.1. The van der Waals surface area contributed by atoms with Crippen molar-refractivity contribution in [2.24, 2.45) is 0 Å². The molecule has 0 aliphatic heterocycles. The summed E-state index contributed by atoms with van der Waals surface area (Å²) in [5.74, 6) is 5.36. The first kappa shape index (κ1) is 22.3. The summed E-state index contributed by atoms with van der Waals surface area (Å²) in [6, 6.07) is 15.8. The van der Waals surface area contributed by atoms with Crippen molar-refractivity contribution >= 4 is 22.6 Å². The molecular formula is C24H19N3O5. The van der Waals surface area contributed by atoms with E-state index >= 15 is 0 Å². The van der Waals surface area contributed by atoms with Gasteiger partial charge in [-0.2, -0.15) is 5.26 Å². The lowest BCUT2D eigenvalue weighted by molar-refractivity contribution is -0.383. The molecule has 0 aliphatic rings. The van der Waals surface area contributed by atoms with Crippen LogP contribution in [0, 0.1) is 33.3 Å². The van der Waals surface area contributed by atoms with E-state index in [2.05, 4.69) is 16.8 Å². The van der Waals surface area contributed by atoms with Crippen molar-refractivity contribution in [1.82, 2.24) is 4.98 Å². The lowest BCUT2D eigenvalue weighted by Crippen LogP contribution is -2.07. The Morgan fingerprint density at radius 3 is 2.66 bits per heavy atom. The third kappa shape index (κ3) is 5.38. The molecule has 0 aliphatic carbocycles. The Labute approximate surface area is 184 Å². The van der Waals surface area contributed by atoms with Crippen LogP contribution in [0.25, 0.3) is 10.9 Å². The molecule has 0 amide bonds. The molecule has 0 saturated carbocycles. The number of aromatic nitrogens is 1. The third-order valence-corrected chi connectivity index (χ3v) is 4.51. The summed E-state index contributed by atoms with van der Waals surface area (Å²) in [6.45, 7) is 0.193. The van der Waals surface area contributed by atoms with Gasteiger partial charge in [-0.15, -0.1) is 0 Å². The number of hydrogen-bond acceptors (Lipinski definition) is 7. The zero-order valence-corrected chi connectivity index (χ0v) is 17.3. The van der Waals surface area contributed by atoms with E-state index < -0.39 is 10.9 Å². The van der Waals surface area contributed by atoms with Gasteiger partial charge in [0.2, 0.25) is 0 Å². The number of benzene rings is 2. The van der Waals surface area contributed by atoms with Crippen molar-refractivity contribution in [3.8, 4) is 23.7 Å². The number of nitrogens with zero attached hydrogens (tertiary/aromatic N) is 3. The molecule has 0 saturated heterocycles. The average molecular weight is 429 g/mol. The van der Waals surface area contributed by atoms with Gasteiger partial charge < -0.3 is 9.47 Å². The molecular weight excluding hydrogens is 410 g/mol. The first-order chi connectivity index (χ1) is 15.5. The van der Waals surface area contributed by atoms with E-state index in [4.69, 9.17) is 14.7 Å². The fraction of sp³-hybridized carbons (Fsp3) is 0.208. The maximum absolute atomic E-state index is 12.1. The highest BCUT2D eigenvalue weighted by Crippen LogP contribution is 2.33. The van der Waals surface area contributed by atoms with Crippen molar-refractivity contribution < 1.29 is 19.2 Å². The number of rotatable bonds is 7. The molecule has 3 rings (SSSR count). The molecule has 2 aromatic carbocycles. The molecule has 1 heterocycles. The van der Waals surface area contributed by atoms with Crippen LogP contribution in [0.5, 0.6) is 5.75 Å². The second-order valence-corrected chi connectivity index (χ2v) is 6.73. The Morgan fingerprint density at radius 1 is 1.19 bits per heavy atom. The van der Waals surface area contributed by atoms with Gasteiger partial charge in [-0.1, -0.05) is 42.2 Å². The molecule has 0 bridgehead atoms. The quantitative estimate of drug-likeness (QED) is 0.178. The van der Waals surface area contributed by atoms with E-state index in [1.54, 1.807) is 6.07 Å². The van der Waals surface area contributed by atoms with Crippen LogP contribution in [0.2, 0.25) is 0 Å². The number of nitro groups is 1. The molecule has 8 heteroatoms. The fourth-order valence-electron chi connectivity index (χ4n) is 2.97. The molecule has 0 spiro atoms. The molecule has 3 aromatic rings. The van der Waals surface area contributed by atoms with Crippen LogP contribution in [0.1, 0.15) is 40.9 Å². The minimum atomic E-state index is -0.730. The van der Waals surface area contributed by atoms with Crippen LogP contribution >= 0.6 is 0 Å². The fourth-order valence-corrected chi connectivity index (χ4v) is 2.97. The van der Waals surface area contributed by atoms with E-state index in [9.17, 15) is 14.9 Å². The van der Waals surface area contributed by atoms with Gasteiger partial charge in [0.25, 0.3) is 5.69 Å². The first-order valence-electron chi connectivity index (χ1n) is 9.77. The lowest BCUT2D eigenvalue weighted by Gasteiger charge is -2.12. The summed E-state index contributed by atoms with van der Waals surface area (Å²) in [7, 11) is 1.21. The Morgan fingerprint density at radius 2 is 1.97 bits per heavy atom.